The molecule has 4 rings (SSSR count). The molecule has 10 heteroatoms. The Labute approximate surface area is 199 Å². The molecule has 0 radical (unpaired) electrons. The van der Waals surface area contributed by atoms with Crippen LogP contribution in [-0.4, -0.2) is 24.6 Å². The molecular formula is C25H26F6N2O2. The SMILES string of the molecule is C[C@@H](OC[C@]1(c2ccccc2)CC[C@]2(CCC(=O)N2)CN1)c1cc(C(F)(F)F)cc(C(F)(F)F)c1. The van der Waals surface area contributed by atoms with Crippen molar-refractivity contribution in [2.45, 2.75) is 62.1 Å². The Morgan fingerprint density at radius 1 is 0.943 bits per heavy atom. The van der Waals surface area contributed by atoms with Gasteiger partial charge in [-0.3, -0.25) is 4.79 Å². The van der Waals surface area contributed by atoms with Gasteiger partial charge in [0.15, 0.2) is 0 Å². The molecule has 1 amide bonds. The summed E-state index contributed by atoms with van der Waals surface area (Å²) in [6, 6.07) is 10.9. The van der Waals surface area contributed by atoms with Gasteiger partial charge >= 0.3 is 12.4 Å². The quantitative estimate of drug-likeness (QED) is 0.516. The number of halogens is 6. The zero-order valence-electron chi connectivity index (χ0n) is 19.0. The lowest BCUT2D eigenvalue weighted by atomic mass is 9.76. The van der Waals surface area contributed by atoms with Crippen LogP contribution >= 0.6 is 0 Å². The van der Waals surface area contributed by atoms with Crippen LogP contribution in [0, 0.1) is 0 Å². The van der Waals surface area contributed by atoms with E-state index in [0.29, 0.717) is 44.4 Å². The van der Waals surface area contributed by atoms with Crippen molar-refractivity contribution >= 4 is 5.91 Å². The summed E-state index contributed by atoms with van der Waals surface area (Å²) in [5.41, 5.74) is -3.11. The number of carbonyl (C=O) groups is 1. The maximum absolute atomic E-state index is 13.3. The highest BCUT2D eigenvalue weighted by atomic mass is 19.4. The first-order valence-corrected chi connectivity index (χ1v) is 11.3. The van der Waals surface area contributed by atoms with Gasteiger partial charge in [0, 0.05) is 13.0 Å². The van der Waals surface area contributed by atoms with Crippen LogP contribution in [-0.2, 0) is 27.4 Å². The third kappa shape index (κ3) is 5.48. The highest BCUT2D eigenvalue weighted by Gasteiger charge is 2.47. The van der Waals surface area contributed by atoms with Gasteiger partial charge < -0.3 is 15.4 Å². The average molecular weight is 500 g/mol. The van der Waals surface area contributed by atoms with Crippen LogP contribution in [0.4, 0.5) is 26.3 Å². The summed E-state index contributed by atoms with van der Waals surface area (Å²) >= 11 is 0. The minimum absolute atomic E-state index is 0.00565. The number of nitrogens with one attached hydrogen (secondary N) is 2. The van der Waals surface area contributed by atoms with Crippen LogP contribution in [0.1, 0.15) is 61.0 Å². The van der Waals surface area contributed by atoms with Gasteiger partial charge in [0.05, 0.1) is 34.9 Å². The summed E-state index contributed by atoms with van der Waals surface area (Å²) < 4.78 is 85.6. The first-order valence-electron chi connectivity index (χ1n) is 11.3. The smallest absolute Gasteiger partial charge is 0.372 e. The van der Waals surface area contributed by atoms with Gasteiger partial charge in [0.2, 0.25) is 5.91 Å². The second-order valence-corrected chi connectivity index (χ2v) is 9.42. The number of hydrogen-bond acceptors (Lipinski definition) is 3. The molecule has 2 aromatic carbocycles. The fraction of sp³-hybridized carbons (Fsp3) is 0.480. The molecule has 0 aromatic heterocycles. The summed E-state index contributed by atoms with van der Waals surface area (Å²) in [7, 11) is 0. The first-order chi connectivity index (χ1) is 16.3. The maximum Gasteiger partial charge on any atom is 0.416 e. The lowest BCUT2D eigenvalue weighted by Crippen LogP contribution is -2.61. The Hall–Kier alpha value is -2.59. The van der Waals surface area contributed by atoms with E-state index in [1.807, 2.05) is 30.3 Å². The van der Waals surface area contributed by atoms with Gasteiger partial charge in [-0.15, -0.1) is 0 Å². The number of amides is 1. The zero-order valence-corrected chi connectivity index (χ0v) is 19.0. The van der Waals surface area contributed by atoms with Crippen molar-refractivity contribution in [1.29, 1.82) is 0 Å². The molecule has 2 heterocycles. The number of hydrogen-bond donors (Lipinski definition) is 2. The molecule has 2 fully saturated rings. The van der Waals surface area contributed by atoms with E-state index in [-0.39, 0.29) is 29.7 Å². The summed E-state index contributed by atoms with van der Waals surface area (Å²) in [6.45, 7) is 1.95. The fourth-order valence-corrected chi connectivity index (χ4v) is 4.85. The van der Waals surface area contributed by atoms with Crippen LogP contribution < -0.4 is 10.6 Å². The molecule has 2 aliphatic rings. The van der Waals surface area contributed by atoms with Crippen LogP contribution in [0.5, 0.6) is 0 Å². The molecule has 2 N–H and O–H groups in total. The molecule has 2 saturated heterocycles. The highest BCUT2D eigenvalue weighted by Crippen LogP contribution is 2.40. The Morgan fingerprint density at radius 2 is 1.57 bits per heavy atom. The number of piperidine rings is 1. The minimum atomic E-state index is -4.92. The van der Waals surface area contributed by atoms with Gasteiger partial charge in [0.25, 0.3) is 0 Å². The molecule has 190 valence electrons. The van der Waals surface area contributed by atoms with E-state index in [1.54, 1.807) is 0 Å². The lowest BCUT2D eigenvalue weighted by molar-refractivity contribution is -0.143. The predicted octanol–water partition coefficient (Wildman–Crippen LogP) is 5.73. The van der Waals surface area contributed by atoms with Crippen molar-refractivity contribution in [2.24, 2.45) is 0 Å². The summed E-state index contributed by atoms with van der Waals surface area (Å²) in [5.74, 6) is -0.00565. The molecule has 4 nitrogen and oxygen atoms in total. The molecule has 0 unspecified atom stereocenters. The van der Waals surface area contributed by atoms with Crippen LogP contribution in [0.3, 0.4) is 0 Å². The van der Waals surface area contributed by atoms with E-state index in [1.165, 1.54) is 6.92 Å². The van der Waals surface area contributed by atoms with Gasteiger partial charge in [-0.2, -0.15) is 26.3 Å². The Bertz CT molecular complexity index is 1030. The number of ether oxygens (including phenoxy) is 1. The van der Waals surface area contributed by atoms with E-state index in [4.69, 9.17) is 4.74 Å². The molecule has 0 aliphatic carbocycles. The van der Waals surface area contributed by atoms with Crippen molar-refractivity contribution in [2.75, 3.05) is 13.2 Å². The number of benzene rings is 2. The summed E-state index contributed by atoms with van der Waals surface area (Å²) in [6.07, 6.45) is -8.49. The average Bonchev–Trinajstić information content (AvgIpc) is 3.18. The van der Waals surface area contributed by atoms with Crippen LogP contribution in [0.15, 0.2) is 48.5 Å². The second-order valence-electron chi connectivity index (χ2n) is 9.42. The fourth-order valence-electron chi connectivity index (χ4n) is 4.85. The first kappa shape index (κ1) is 25.5. The van der Waals surface area contributed by atoms with Crippen molar-refractivity contribution in [3.05, 3.63) is 70.8 Å². The Kier molecular flexibility index (Phi) is 6.65. The van der Waals surface area contributed by atoms with E-state index in [2.05, 4.69) is 10.6 Å². The van der Waals surface area contributed by atoms with E-state index < -0.39 is 35.1 Å². The molecule has 2 aromatic rings. The van der Waals surface area contributed by atoms with Gasteiger partial charge in [-0.05, 0) is 55.5 Å². The Morgan fingerprint density at radius 3 is 2.06 bits per heavy atom. The van der Waals surface area contributed by atoms with E-state index in [9.17, 15) is 31.1 Å². The molecule has 0 bridgehead atoms. The molecule has 3 atom stereocenters. The third-order valence-corrected chi connectivity index (χ3v) is 7.02. The van der Waals surface area contributed by atoms with Crippen molar-refractivity contribution in [3.8, 4) is 0 Å². The summed E-state index contributed by atoms with van der Waals surface area (Å²) in [5, 5.41) is 6.52. The Balaban J connectivity index is 1.58. The number of alkyl halides is 6. The zero-order chi connectivity index (χ0) is 25.5. The van der Waals surface area contributed by atoms with Crippen molar-refractivity contribution in [1.82, 2.24) is 10.6 Å². The number of rotatable bonds is 5. The molecule has 1 spiro atoms. The standard InChI is InChI=1S/C25H26F6N2O2/c1-16(17-11-19(24(26,27)28)13-20(12-17)25(29,30)31)35-15-23(18-5-3-2-4-6-18)10-9-22(14-32-23)8-7-21(34)33-22/h2-6,11-13,16,32H,7-10,14-15H2,1H3,(H,33,34)/t16-,22-,23+/m1/s1. The number of carbonyl (C=O) groups excluding carboxylic acids is 1. The van der Waals surface area contributed by atoms with Crippen molar-refractivity contribution < 1.29 is 35.9 Å². The van der Waals surface area contributed by atoms with Gasteiger partial charge in [-0.1, -0.05) is 30.3 Å². The highest BCUT2D eigenvalue weighted by molar-refractivity contribution is 5.79. The normalized spacial score (nSPS) is 26.1. The van der Waals surface area contributed by atoms with Crippen molar-refractivity contribution in [3.63, 3.8) is 0 Å². The minimum Gasteiger partial charge on any atom is -0.372 e. The van der Waals surface area contributed by atoms with Gasteiger partial charge in [0.1, 0.15) is 0 Å². The summed E-state index contributed by atoms with van der Waals surface area (Å²) in [4.78, 5) is 11.8. The second kappa shape index (κ2) is 9.13. The van der Waals surface area contributed by atoms with E-state index >= 15 is 0 Å². The molecule has 2 aliphatic heterocycles. The maximum atomic E-state index is 13.3. The third-order valence-electron chi connectivity index (χ3n) is 7.02. The predicted molar refractivity (Wildman–Crippen MR) is 116 cm³/mol. The topological polar surface area (TPSA) is 50.4 Å². The lowest BCUT2D eigenvalue weighted by Gasteiger charge is -2.46. The molecular weight excluding hydrogens is 474 g/mol. The molecule has 0 saturated carbocycles. The van der Waals surface area contributed by atoms with Crippen LogP contribution in [0.25, 0.3) is 0 Å². The van der Waals surface area contributed by atoms with Crippen LogP contribution in [0.2, 0.25) is 0 Å². The molecule has 35 heavy (non-hydrogen) atoms. The van der Waals surface area contributed by atoms with E-state index in [0.717, 1.165) is 5.56 Å². The largest absolute Gasteiger partial charge is 0.416 e. The monoisotopic (exact) mass is 500 g/mol. The van der Waals surface area contributed by atoms with Gasteiger partial charge in [-0.25, -0.2) is 0 Å².